The van der Waals surface area contributed by atoms with Crippen molar-refractivity contribution in [2.45, 2.75) is 19.0 Å². The normalized spacial score (nSPS) is 17.9. The smallest absolute Gasteiger partial charge is 0.290 e. The van der Waals surface area contributed by atoms with E-state index < -0.39 is 6.04 Å². The fourth-order valence-corrected chi connectivity index (χ4v) is 5.67. The van der Waals surface area contributed by atoms with Gasteiger partial charge in [0.25, 0.3) is 5.91 Å². The van der Waals surface area contributed by atoms with E-state index in [1.54, 1.807) is 28.4 Å². The molecule has 2 amide bonds. The summed E-state index contributed by atoms with van der Waals surface area (Å²) in [6.45, 7) is 3.41. The fraction of sp³-hybridized carbons (Fsp3) is 0.269. The van der Waals surface area contributed by atoms with Crippen LogP contribution in [-0.2, 0) is 22.5 Å². The second-order valence-corrected chi connectivity index (χ2v) is 9.68. The molecule has 9 heteroatoms. The minimum absolute atomic E-state index is 0.225. The van der Waals surface area contributed by atoms with E-state index in [0.29, 0.717) is 31.9 Å². The van der Waals surface area contributed by atoms with Crippen LogP contribution in [0.3, 0.4) is 0 Å². The van der Waals surface area contributed by atoms with Gasteiger partial charge < -0.3 is 24.3 Å². The first-order valence-electron chi connectivity index (χ1n) is 11.6. The van der Waals surface area contributed by atoms with Gasteiger partial charge in [-0.15, -0.1) is 0 Å². The first kappa shape index (κ1) is 21.8. The number of amides is 2. The van der Waals surface area contributed by atoms with Gasteiger partial charge in [0.15, 0.2) is 10.9 Å². The van der Waals surface area contributed by atoms with Crippen molar-refractivity contribution in [2.24, 2.45) is 0 Å². The predicted octanol–water partition coefficient (Wildman–Crippen LogP) is 3.93. The molecule has 0 aliphatic carbocycles. The summed E-state index contributed by atoms with van der Waals surface area (Å²) in [5, 5.41) is 4.00. The first-order chi connectivity index (χ1) is 17.2. The van der Waals surface area contributed by atoms with Crippen molar-refractivity contribution in [1.29, 1.82) is 0 Å². The zero-order valence-corrected chi connectivity index (χ0v) is 19.8. The second kappa shape index (κ2) is 9.16. The zero-order chi connectivity index (χ0) is 23.8. The summed E-state index contributed by atoms with van der Waals surface area (Å²) in [4.78, 5) is 35.2. The van der Waals surface area contributed by atoms with Gasteiger partial charge in [-0.25, -0.2) is 4.98 Å². The van der Waals surface area contributed by atoms with Crippen LogP contribution in [0.5, 0.6) is 0 Å². The Balaban J connectivity index is 1.25. The molecule has 4 aromatic rings. The van der Waals surface area contributed by atoms with Gasteiger partial charge in [-0.05, 0) is 41.5 Å². The molecule has 2 aliphatic rings. The summed E-state index contributed by atoms with van der Waals surface area (Å²) in [5.74, 6) is -0.293. The molecule has 4 heterocycles. The number of hydrogen-bond donors (Lipinski definition) is 1. The Bertz CT molecular complexity index is 1380. The SMILES string of the molecule is O=C(Nc1ccc2nc(N3CCOCC3)sc2c1)C1Cc2ccccc2CN1C(=O)c1ccco1. The molecule has 178 valence electrons. The highest BCUT2D eigenvalue weighted by molar-refractivity contribution is 7.22. The van der Waals surface area contributed by atoms with Gasteiger partial charge in [-0.2, -0.15) is 0 Å². The lowest BCUT2D eigenvalue weighted by molar-refractivity contribution is -0.121. The van der Waals surface area contributed by atoms with Gasteiger partial charge in [0.2, 0.25) is 5.91 Å². The van der Waals surface area contributed by atoms with Gasteiger partial charge >= 0.3 is 0 Å². The molecule has 1 fully saturated rings. The van der Waals surface area contributed by atoms with E-state index in [1.807, 2.05) is 42.5 Å². The molecule has 2 aromatic heterocycles. The number of hydrogen-bond acceptors (Lipinski definition) is 7. The van der Waals surface area contributed by atoms with E-state index in [0.717, 1.165) is 39.6 Å². The van der Waals surface area contributed by atoms with Crippen LogP contribution in [-0.4, -0.2) is 54.0 Å². The number of furan rings is 1. The number of carbonyl (C=O) groups is 2. The van der Waals surface area contributed by atoms with Gasteiger partial charge in [-0.3, -0.25) is 9.59 Å². The van der Waals surface area contributed by atoms with Crippen LogP contribution in [0.25, 0.3) is 10.2 Å². The highest BCUT2D eigenvalue weighted by atomic mass is 32.1. The Hall–Kier alpha value is -3.69. The predicted molar refractivity (Wildman–Crippen MR) is 134 cm³/mol. The minimum Gasteiger partial charge on any atom is -0.459 e. The Labute approximate surface area is 206 Å². The quantitative estimate of drug-likeness (QED) is 0.468. The van der Waals surface area contributed by atoms with Gasteiger partial charge in [-0.1, -0.05) is 35.6 Å². The zero-order valence-electron chi connectivity index (χ0n) is 19.0. The number of benzene rings is 2. The van der Waals surface area contributed by atoms with Crippen molar-refractivity contribution in [1.82, 2.24) is 9.88 Å². The maximum atomic E-state index is 13.5. The Morgan fingerprint density at radius 3 is 2.66 bits per heavy atom. The molecule has 2 aromatic carbocycles. The number of thiazole rings is 1. The van der Waals surface area contributed by atoms with Gasteiger partial charge in [0, 0.05) is 31.7 Å². The average Bonchev–Trinajstić information content (AvgIpc) is 3.58. The van der Waals surface area contributed by atoms with Crippen molar-refractivity contribution in [3.05, 3.63) is 77.7 Å². The molecule has 8 nitrogen and oxygen atoms in total. The molecule has 2 aliphatic heterocycles. The maximum absolute atomic E-state index is 13.5. The summed E-state index contributed by atoms with van der Waals surface area (Å²) in [5.41, 5.74) is 3.70. The number of aromatic nitrogens is 1. The molecule has 35 heavy (non-hydrogen) atoms. The van der Waals surface area contributed by atoms with E-state index in [2.05, 4.69) is 10.2 Å². The second-order valence-electron chi connectivity index (χ2n) is 8.67. The van der Waals surface area contributed by atoms with Crippen molar-refractivity contribution in [3.8, 4) is 0 Å². The van der Waals surface area contributed by atoms with Crippen molar-refractivity contribution < 1.29 is 18.7 Å². The van der Waals surface area contributed by atoms with E-state index in [-0.39, 0.29) is 17.6 Å². The van der Waals surface area contributed by atoms with Gasteiger partial charge in [0.05, 0.1) is 29.7 Å². The van der Waals surface area contributed by atoms with Crippen LogP contribution < -0.4 is 10.2 Å². The third kappa shape index (κ3) is 4.28. The standard InChI is InChI=1S/C26H24N4O4S/c31-24(27-19-7-8-20-23(15-19)35-26(28-20)29-9-12-33-13-10-29)21-14-17-4-1-2-5-18(17)16-30(21)25(32)22-6-3-11-34-22/h1-8,11,15,21H,9-10,12-14,16H2,(H,27,31). The van der Waals surface area contributed by atoms with Gasteiger partial charge in [0.1, 0.15) is 6.04 Å². The summed E-state index contributed by atoms with van der Waals surface area (Å²) in [7, 11) is 0. The Morgan fingerprint density at radius 2 is 1.86 bits per heavy atom. The summed E-state index contributed by atoms with van der Waals surface area (Å²) in [6, 6.07) is 16.3. The number of carbonyl (C=O) groups excluding carboxylic acids is 2. The van der Waals surface area contributed by atoms with Crippen molar-refractivity contribution >= 4 is 44.2 Å². The number of morpholine rings is 1. The first-order valence-corrected chi connectivity index (χ1v) is 12.4. The van der Waals surface area contributed by atoms with Crippen LogP contribution in [0.15, 0.2) is 65.3 Å². The molecule has 0 radical (unpaired) electrons. The lowest BCUT2D eigenvalue weighted by Gasteiger charge is -2.35. The van der Waals surface area contributed by atoms with E-state index in [4.69, 9.17) is 14.1 Å². The monoisotopic (exact) mass is 488 g/mol. The van der Waals surface area contributed by atoms with E-state index >= 15 is 0 Å². The molecule has 1 atom stereocenters. The molecule has 1 unspecified atom stereocenters. The van der Waals surface area contributed by atoms with Crippen molar-refractivity contribution in [3.63, 3.8) is 0 Å². The van der Waals surface area contributed by atoms with Crippen LogP contribution >= 0.6 is 11.3 Å². The number of rotatable bonds is 4. The van der Waals surface area contributed by atoms with Crippen LogP contribution in [0.2, 0.25) is 0 Å². The molecule has 1 N–H and O–H groups in total. The van der Waals surface area contributed by atoms with Crippen molar-refractivity contribution in [2.75, 3.05) is 36.5 Å². The number of ether oxygens (including phenoxy) is 1. The summed E-state index contributed by atoms with van der Waals surface area (Å²) in [6.07, 6.45) is 1.91. The van der Waals surface area contributed by atoms with E-state index in [9.17, 15) is 9.59 Å². The van der Waals surface area contributed by atoms with Crippen LogP contribution in [0, 0.1) is 0 Å². The number of anilines is 2. The highest BCUT2D eigenvalue weighted by Gasteiger charge is 2.36. The summed E-state index contributed by atoms with van der Waals surface area (Å²) >= 11 is 1.61. The Kier molecular flexibility index (Phi) is 5.71. The van der Waals surface area contributed by atoms with Crippen LogP contribution in [0.4, 0.5) is 10.8 Å². The lowest BCUT2D eigenvalue weighted by Crippen LogP contribution is -2.50. The Morgan fingerprint density at radius 1 is 1.03 bits per heavy atom. The third-order valence-electron chi connectivity index (χ3n) is 6.47. The minimum atomic E-state index is -0.649. The average molecular weight is 489 g/mol. The van der Waals surface area contributed by atoms with E-state index in [1.165, 1.54) is 6.26 Å². The molecule has 0 saturated carbocycles. The number of nitrogens with zero attached hydrogens (tertiary/aromatic N) is 3. The molecular formula is C26H24N4O4S. The fourth-order valence-electron chi connectivity index (χ4n) is 4.62. The molecule has 6 rings (SSSR count). The molecular weight excluding hydrogens is 464 g/mol. The van der Waals surface area contributed by atoms with Crippen LogP contribution in [0.1, 0.15) is 21.7 Å². The topological polar surface area (TPSA) is 87.9 Å². The largest absolute Gasteiger partial charge is 0.459 e. The number of nitrogens with one attached hydrogen (secondary N) is 1. The lowest BCUT2D eigenvalue weighted by atomic mass is 9.93. The molecule has 0 bridgehead atoms. The number of fused-ring (bicyclic) bond motifs is 2. The highest BCUT2D eigenvalue weighted by Crippen LogP contribution is 2.32. The summed E-state index contributed by atoms with van der Waals surface area (Å²) < 4.78 is 11.8. The molecule has 0 spiro atoms. The maximum Gasteiger partial charge on any atom is 0.290 e. The third-order valence-corrected chi connectivity index (χ3v) is 7.55. The molecule has 1 saturated heterocycles.